The van der Waals surface area contributed by atoms with Gasteiger partial charge in [0.25, 0.3) is 0 Å². The summed E-state index contributed by atoms with van der Waals surface area (Å²) in [7, 11) is 2.17. The molecule has 0 spiro atoms. The Morgan fingerprint density at radius 3 is 2.94 bits per heavy atom. The summed E-state index contributed by atoms with van der Waals surface area (Å²) in [5, 5.41) is 3.49. The second-order valence-corrected chi connectivity index (χ2v) is 4.99. The fourth-order valence-electron chi connectivity index (χ4n) is 2.52. The van der Waals surface area contributed by atoms with Gasteiger partial charge in [-0.1, -0.05) is 12.1 Å². The van der Waals surface area contributed by atoms with Gasteiger partial charge in [-0.3, -0.25) is 4.98 Å². The van der Waals surface area contributed by atoms with E-state index in [0.29, 0.717) is 6.04 Å². The first-order valence-electron chi connectivity index (χ1n) is 6.48. The first kappa shape index (κ1) is 11.4. The summed E-state index contributed by atoms with van der Waals surface area (Å²) >= 11 is 0. The molecule has 1 aromatic carbocycles. The standard InChI is InChI=1S/C14H18N4/c1-18-8-4-5-11(10-18)16-14-9-15-12-6-2-3-7-13(12)17-14/h2-3,6-7,9,11H,4-5,8,10H2,1H3,(H,16,17). The molecule has 1 aliphatic heterocycles. The molecule has 0 radical (unpaired) electrons. The number of hydrogen-bond acceptors (Lipinski definition) is 4. The summed E-state index contributed by atoms with van der Waals surface area (Å²) in [5.74, 6) is 0.883. The second kappa shape index (κ2) is 4.90. The van der Waals surface area contributed by atoms with Crippen LogP contribution >= 0.6 is 0 Å². The Kier molecular flexibility index (Phi) is 3.11. The number of para-hydroxylation sites is 2. The van der Waals surface area contributed by atoms with Gasteiger partial charge in [0.1, 0.15) is 5.82 Å². The lowest BCUT2D eigenvalue weighted by Gasteiger charge is -2.30. The molecule has 1 fully saturated rings. The Balaban J connectivity index is 1.78. The quantitative estimate of drug-likeness (QED) is 0.876. The molecule has 2 aromatic rings. The van der Waals surface area contributed by atoms with Crippen LogP contribution in [-0.2, 0) is 0 Å². The second-order valence-electron chi connectivity index (χ2n) is 4.99. The molecule has 1 aliphatic rings. The van der Waals surface area contributed by atoms with Crippen LogP contribution in [0.15, 0.2) is 30.5 Å². The molecule has 0 bridgehead atoms. The number of aromatic nitrogens is 2. The number of anilines is 1. The van der Waals surface area contributed by atoms with Crippen LogP contribution in [0.25, 0.3) is 11.0 Å². The van der Waals surface area contributed by atoms with Crippen LogP contribution in [0.3, 0.4) is 0 Å². The van der Waals surface area contributed by atoms with Crippen molar-refractivity contribution in [2.75, 3.05) is 25.5 Å². The van der Waals surface area contributed by atoms with Crippen molar-refractivity contribution in [3.63, 3.8) is 0 Å². The average Bonchev–Trinajstić information content (AvgIpc) is 2.39. The molecular weight excluding hydrogens is 224 g/mol. The summed E-state index contributed by atoms with van der Waals surface area (Å²) in [6.45, 7) is 2.27. The molecule has 0 amide bonds. The third-order valence-electron chi connectivity index (χ3n) is 3.43. The minimum absolute atomic E-state index is 0.485. The van der Waals surface area contributed by atoms with Crippen molar-refractivity contribution in [3.05, 3.63) is 30.5 Å². The number of rotatable bonds is 2. The molecule has 0 aliphatic carbocycles. The van der Waals surface area contributed by atoms with Gasteiger partial charge in [-0.05, 0) is 38.6 Å². The highest BCUT2D eigenvalue weighted by atomic mass is 15.2. The first-order chi connectivity index (χ1) is 8.81. The third kappa shape index (κ3) is 2.43. The van der Waals surface area contributed by atoms with Crippen LogP contribution in [-0.4, -0.2) is 41.0 Å². The Bertz CT molecular complexity index is 540. The van der Waals surface area contributed by atoms with Crippen LogP contribution < -0.4 is 5.32 Å². The van der Waals surface area contributed by atoms with Gasteiger partial charge in [0.15, 0.2) is 0 Å². The molecule has 2 heterocycles. The van der Waals surface area contributed by atoms with Gasteiger partial charge >= 0.3 is 0 Å². The van der Waals surface area contributed by atoms with Gasteiger partial charge in [0.2, 0.25) is 0 Å². The van der Waals surface area contributed by atoms with Crippen molar-refractivity contribution in [2.45, 2.75) is 18.9 Å². The Morgan fingerprint density at radius 1 is 1.28 bits per heavy atom. The molecule has 4 heteroatoms. The fraction of sp³-hybridized carbons (Fsp3) is 0.429. The molecule has 94 valence electrons. The maximum atomic E-state index is 4.60. The molecule has 4 nitrogen and oxygen atoms in total. The smallest absolute Gasteiger partial charge is 0.145 e. The zero-order chi connectivity index (χ0) is 12.4. The molecule has 0 saturated carbocycles. The van der Waals surface area contributed by atoms with Gasteiger partial charge in [-0.2, -0.15) is 0 Å². The largest absolute Gasteiger partial charge is 0.365 e. The van der Waals surface area contributed by atoms with Gasteiger partial charge < -0.3 is 10.2 Å². The number of likely N-dealkylation sites (N-methyl/N-ethyl adjacent to an activating group) is 1. The molecular formula is C14H18N4. The summed E-state index contributed by atoms with van der Waals surface area (Å²) in [4.78, 5) is 11.4. The van der Waals surface area contributed by atoms with E-state index in [2.05, 4.69) is 27.2 Å². The van der Waals surface area contributed by atoms with Crippen molar-refractivity contribution >= 4 is 16.9 Å². The van der Waals surface area contributed by atoms with Gasteiger partial charge in [-0.15, -0.1) is 0 Å². The molecule has 3 rings (SSSR count). The number of nitrogens with one attached hydrogen (secondary N) is 1. The van der Waals surface area contributed by atoms with E-state index in [9.17, 15) is 0 Å². The minimum Gasteiger partial charge on any atom is -0.365 e. The number of hydrogen-bond donors (Lipinski definition) is 1. The third-order valence-corrected chi connectivity index (χ3v) is 3.43. The van der Waals surface area contributed by atoms with Crippen LogP contribution in [0.2, 0.25) is 0 Å². The van der Waals surface area contributed by atoms with E-state index < -0.39 is 0 Å². The van der Waals surface area contributed by atoms with Crippen LogP contribution in [0.1, 0.15) is 12.8 Å². The molecule has 1 N–H and O–H groups in total. The van der Waals surface area contributed by atoms with Crippen molar-refractivity contribution in [3.8, 4) is 0 Å². The number of fused-ring (bicyclic) bond motifs is 1. The molecule has 1 unspecified atom stereocenters. The van der Waals surface area contributed by atoms with E-state index in [0.717, 1.165) is 23.4 Å². The van der Waals surface area contributed by atoms with E-state index in [1.54, 1.807) is 0 Å². The molecule has 1 aromatic heterocycles. The number of benzene rings is 1. The van der Waals surface area contributed by atoms with Crippen LogP contribution in [0, 0.1) is 0 Å². The van der Waals surface area contributed by atoms with E-state index in [4.69, 9.17) is 0 Å². The highest BCUT2D eigenvalue weighted by Crippen LogP contribution is 2.15. The van der Waals surface area contributed by atoms with Gasteiger partial charge in [0, 0.05) is 12.6 Å². The van der Waals surface area contributed by atoms with Gasteiger partial charge in [-0.25, -0.2) is 4.98 Å². The first-order valence-corrected chi connectivity index (χ1v) is 6.48. The number of nitrogens with zero attached hydrogens (tertiary/aromatic N) is 3. The lowest BCUT2D eigenvalue weighted by Crippen LogP contribution is -2.39. The number of piperidine rings is 1. The monoisotopic (exact) mass is 242 g/mol. The zero-order valence-corrected chi connectivity index (χ0v) is 10.6. The van der Waals surface area contributed by atoms with E-state index in [1.165, 1.54) is 19.4 Å². The van der Waals surface area contributed by atoms with E-state index in [1.807, 2.05) is 30.5 Å². The van der Waals surface area contributed by atoms with Gasteiger partial charge in [0.05, 0.1) is 17.2 Å². The summed E-state index contributed by atoms with van der Waals surface area (Å²) < 4.78 is 0. The normalized spacial score (nSPS) is 21.1. The lowest BCUT2D eigenvalue weighted by atomic mass is 10.1. The highest BCUT2D eigenvalue weighted by Gasteiger charge is 2.17. The summed E-state index contributed by atoms with van der Waals surface area (Å²) in [6.07, 6.45) is 4.28. The topological polar surface area (TPSA) is 41.0 Å². The summed E-state index contributed by atoms with van der Waals surface area (Å²) in [6, 6.07) is 8.45. The highest BCUT2D eigenvalue weighted by molar-refractivity contribution is 5.75. The number of likely N-dealkylation sites (tertiary alicyclic amines) is 1. The molecule has 18 heavy (non-hydrogen) atoms. The predicted octanol–water partition coefficient (Wildman–Crippen LogP) is 2.14. The van der Waals surface area contributed by atoms with Crippen molar-refractivity contribution in [1.82, 2.24) is 14.9 Å². The lowest BCUT2D eigenvalue weighted by molar-refractivity contribution is 0.261. The van der Waals surface area contributed by atoms with Crippen molar-refractivity contribution in [1.29, 1.82) is 0 Å². The zero-order valence-electron chi connectivity index (χ0n) is 10.6. The molecule has 1 saturated heterocycles. The Labute approximate surface area is 107 Å². The minimum atomic E-state index is 0.485. The maximum Gasteiger partial charge on any atom is 0.145 e. The van der Waals surface area contributed by atoms with Crippen molar-refractivity contribution in [2.24, 2.45) is 0 Å². The fourth-order valence-corrected chi connectivity index (χ4v) is 2.52. The average molecular weight is 242 g/mol. The Hall–Kier alpha value is -1.68. The Morgan fingerprint density at radius 2 is 2.11 bits per heavy atom. The molecule has 1 atom stereocenters. The van der Waals surface area contributed by atoms with Crippen LogP contribution in [0.4, 0.5) is 5.82 Å². The van der Waals surface area contributed by atoms with E-state index in [-0.39, 0.29) is 0 Å². The van der Waals surface area contributed by atoms with E-state index >= 15 is 0 Å². The predicted molar refractivity (Wildman–Crippen MR) is 73.7 cm³/mol. The summed E-state index contributed by atoms with van der Waals surface area (Å²) in [5.41, 5.74) is 1.90. The van der Waals surface area contributed by atoms with Crippen LogP contribution in [0.5, 0.6) is 0 Å². The SMILES string of the molecule is CN1CCCC(Nc2cnc3ccccc3n2)C1. The maximum absolute atomic E-state index is 4.60. The van der Waals surface area contributed by atoms with Crippen molar-refractivity contribution < 1.29 is 0 Å².